The Morgan fingerprint density at radius 2 is 1.92 bits per heavy atom. The Kier molecular flexibility index (Phi) is 6.01. The van der Waals surface area contributed by atoms with Crippen molar-refractivity contribution in [2.45, 2.75) is 24.3 Å². The molecule has 0 unspecified atom stereocenters. The minimum absolute atomic E-state index is 0.169. The van der Waals surface area contributed by atoms with Crippen LogP contribution in [0.5, 0.6) is 0 Å². The van der Waals surface area contributed by atoms with E-state index in [0.717, 1.165) is 11.0 Å². The Balaban J connectivity index is 1.99. The summed E-state index contributed by atoms with van der Waals surface area (Å²) >= 11 is 0. The lowest BCUT2D eigenvalue weighted by Gasteiger charge is -2.34. The molecule has 1 N–H and O–H groups in total. The van der Waals surface area contributed by atoms with Crippen molar-refractivity contribution < 1.29 is 22.5 Å². The summed E-state index contributed by atoms with van der Waals surface area (Å²) in [6.07, 6.45) is 0. The number of likely N-dealkylation sites (N-methyl/N-ethyl adjacent to an activating group) is 1. The molecule has 0 radical (unpaired) electrons. The van der Waals surface area contributed by atoms with E-state index < -0.39 is 21.4 Å². The first kappa shape index (κ1) is 20.3. The van der Waals surface area contributed by atoms with Crippen LogP contribution in [0.25, 0.3) is 0 Å². The number of piperazine rings is 1. The molecule has 1 heterocycles. The second-order valence-corrected chi connectivity index (χ2v) is 8.79. The molecule has 0 aliphatic carbocycles. The van der Waals surface area contributed by atoms with Crippen molar-refractivity contribution in [3.63, 3.8) is 0 Å². The average molecular weight is 383 g/mol. The maximum absolute atomic E-state index is 13.8. The van der Waals surface area contributed by atoms with Gasteiger partial charge in [0.2, 0.25) is 10.0 Å². The topological polar surface area (TPSA) is 85.9 Å². The Bertz CT molecular complexity index is 812. The van der Waals surface area contributed by atoms with Crippen molar-refractivity contribution in [1.82, 2.24) is 9.21 Å². The van der Waals surface area contributed by atoms with Crippen LogP contribution in [0, 0.1) is 17.1 Å². The van der Waals surface area contributed by atoms with Gasteiger partial charge in [0.25, 0.3) is 5.91 Å². The molecule has 1 aliphatic heterocycles. The zero-order chi connectivity index (χ0) is 19.5. The van der Waals surface area contributed by atoms with E-state index in [2.05, 4.69) is 6.07 Å². The molecule has 9 heteroatoms. The number of sulfonamides is 1. The van der Waals surface area contributed by atoms with Crippen molar-refractivity contribution >= 4 is 15.9 Å². The fourth-order valence-corrected chi connectivity index (χ4v) is 4.24. The second-order valence-electron chi connectivity index (χ2n) is 6.88. The predicted molar refractivity (Wildman–Crippen MR) is 93.2 cm³/mol. The van der Waals surface area contributed by atoms with Crippen LogP contribution in [-0.2, 0) is 14.8 Å². The highest BCUT2D eigenvalue weighted by atomic mass is 32.2. The van der Waals surface area contributed by atoms with Gasteiger partial charge >= 0.3 is 0 Å². The van der Waals surface area contributed by atoms with Crippen LogP contribution in [0.2, 0.25) is 0 Å². The summed E-state index contributed by atoms with van der Waals surface area (Å²) in [5.41, 5.74) is -0.896. The van der Waals surface area contributed by atoms with Crippen LogP contribution < -0.4 is 4.90 Å². The SMILES string of the molecule is CN(C(=O)C[NH+]1CCN(S(=O)(=O)c2ccccc2F)CC1)C(C)(C)C#N. The molecule has 1 saturated heterocycles. The van der Waals surface area contributed by atoms with E-state index in [4.69, 9.17) is 5.26 Å². The summed E-state index contributed by atoms with van der Waals surface area (Å²) in [5, 5.41) is 9.12. The van der Waals surface area contributed by atoms with Gasteiger partial charge in [0.1, 0.15) is 16.3 Å². The summed E-state index contributed by atoms with van der Waals surface area (Å²) in [6.45, 7) is 4.84. The van der Waals surface area contributed by atoms with Gasteiger partial charge in [0.15, 0.2) is 6.54 Å². The van der Waals surface area contributed by atoms with Gasteiger partial charge in [0, 0.05) is 7.05 Å². The third-order valence-electron chi connectivity index (χ3n) is 4.77. The van der Waals surface area contributed by atoms with Crippen molar-refractivity contribution in [2.75, 3.05) is 39.8 Å². The third-order valence-corrected chi connectivity index (χ3v) is 6.70. The molecule has 0 bridgehead atoms. The third kappa shape index (κ3) is 4.20. The summed E-state index contributed by atoms with van der Waals surface area (Å²) in [5.74, 6) is -0.935. The predicted octanol–water partition coefficient (Wildman–Crippen LogP) is -0.525. The van der Waals surface area contributed by atoms with E-state index in [-0.39, 0.29) is 30.4 Å². The molecule has 0 spiro atoms. The van der Waals surface area contributed by atoms with E-state index in [1.165, 1.54) is 27.4 Å². The fourth-order valence-electron chi connectivity index (χ4n) is 2.73. The standard InChI is InChI=1S/C17H23FN4O3S/c1-17(2,13-19)20(3)16(23)12-21-8-10-22(11-9-21)26(24,25)15-7-5-4-6-14(15)18/h4-7H,8-12H2,1-3H3/p+1. The lowest BCUT2D eigenvalue weighted by atomic mass is 10.1. The zero-order valence-corrected chi connectivity index (χ0v) is 16.0. The number of nitrogens with one attached hydrogen (secondary N) is 1. The van der Waals surface area contributed by atoms with Gasteiger partial charge in [-0.05, 0) is 26.0 Å². The van der Waals surface area contributed by atoms with Crippen LogP contribution in [0.1, 0.15) is 13.8 Å². The first-order valence-corrected chi connectivity index (χ1v) is 9.80. The fraction of sp³-hybridized carbons (Fsp3) is 0.529. The van der Waals surface area contributed by atoms with E-state index in [0.29, 0.717) is 13.1 Å². The molecular formula is C17H24FN4O3S+. The summed E-state index contributed by atoms with van der Waals surface area (Å²) < 4.78 is 40.2. The molecule has 0 aromatic heterocycles. The molecule has 26 heavy (non-hydrogen) atoms. The average Bonchev–Trinajstić information content (AvgIpc) is 2.61. The Hall–Kier alpha value is -2.02. The molecular weight excluding hydrogens is 359 g/mol. The number of nitriles is 1. The number of amides is 1. The summed E-state index contributed by atoms with van der Waals surface area (Å²) in [4.78, 5) is 14.4. The van der Waals surface area contributed by atoms with Crippen molar-refractivity contribution in [1.29, 1.82) is 5.26 Å². The summed E-state index contributed by atoms with van der Waals surface area (Å²) in [6, 6.07) is 7.40. The van der Waals surface area contributed by atoms with Gasteiger partial charge in [-0.1, -0.05) is 12.1 Å². The maximum atomic E-state index is 13.8. The van der Waals surface area contributed by atoms with E-state index in [9.17, 15) is 17.6 Å². The van der Waals surface area contributed by atoms with Gasteiger partial charge in [-0.25, -0.2) is 12.8 Å². The van der Waals surface area contributed by atoms with E-state index >= 15 is 0 Å². The highest BCUT2D eigenvalue weighted by Crippen LogP contribution is 2.18. The second kappa shape index (κ2) is 7.70. The minimum Gasteiger partial charge on any atom is -0.325 e. The van der Waals surface area contributed by atoms with Crippen LogP contribution >= 0.6 is 0 Å². The Morgan fingerprint density at radius 1 is 1.35 bits per heavy atom. The number of quaternary nitrogens is 1. The monoisotopic (exact) mass is 383 g/mol. The van der Waals surface area contributed by atoms with Gasteiger partial charge in [-0.2, -0.15) is 9.57 Å². The van der Waals surface area contributed by atoms with Crippen molar-refractivity contribution in [3.8, 4) is 6.07 Å². The normalized spacial score (nSPS) is 16.9. The molecule has 7 nitrogen and oxygen atoms in total. The number of rotatable bonds is 5. The number of carbonyl (C=O) groups is 1. The molecule has 0 atom stereocenters. The molecule has 2 rings (SSSR count). The van der Waals surface area contributed by atoms with Crippen LogP contribution in [-0.4, -0.2) is 68.8 Å². The van der Waals surface area contributed by atoms with Crippen LogP contribution in [0.3, 0.4) is 0 Å². The number of benzene rings is 1. The number of nitrogens with zero attached hydrogens (tertiary/aromatic N) is 3. The van der Waals surface area contributed by atoms with E-state index in [1.54, 1.807) is 20.9 Å². The maximum Gasteiger partial charge on any atom is 0.278 e. The molecule has 1 aromatic carbocycles. The number of halogens is 1. The van der Waals surface area contributed by atoms with Crippen molar-refractivity contribution in [3.05, 3.63) is 30.1 Å². The largest absolute Gasteiger partial charge is 0.325 e. The molecule has 142 valence electrons. The van der Waals surface area contributed by atoms with Gasteiger partial charge in [-0.15, -0.1) is 0 Å². The highest BCUT2D eigenvalue weighted by molar-refractivity contribution is 7.89. The summed E-state index contributed by atoms with van der Waals surface area (Å²) in [7, 11) is -2.29. The lowest BCUT2D eigenvalue weighted by molar-refractivity contribution is -0.896. The van der Waals surface area contributed by atoms with Crippen molar-refractivity contribution in [2.24, 2.45) is 0 Å². The first-order valence-electron chi connectivity index (χ1n) is 8.36. The Labute approximate surface area is 153 Å². The molecule has 1 fully saturated rings. The molecule has 0 saturated carbocycles. The molecule has 1 aliphatic rings. The number of hydrogen-bond acceptors (Lipinski definition) is 4. The van der Waals surface area contributed by atoms with E-state index in [1.807, 2.05) is 0 Å². The molecule has 1 amide bonds. The van der Waals surface area contributed by atoms with Gasteiger partial charge in [0.05, 0.1) is 32.2 Å². The minimum atomic E-state index is -3.88. The number of carbonyl (C=O) groups excluding carboxylic acids is 1. The molecule has 1 aromatic rings. The number of hydrogen-bond donors (Lipinski definition) is 1. The van der Waals surface area contributed by atoms with Crippen LogP contribution in [0.15, 0.2) is 29.2 Å². The Morgan fingerprint density at radius 3 is 2.46 bits per heavy atom. The van der Waals surface area contributed by atoms with Gasteiger partial charge < -0.3 is 9.80 Å². The zero-order valence-electron chi connectivity index (χ0n) is 15.2. The lowest BCUT2D eigenvalue weighted by Crippen LogP contribution is -3.15. The highest BCUT2D eigenvalue weighted by Gasteiger charge is 2.34. The first-order chi connectivity index (χ1) is 12.1. The van der Waals surface area contributed by atoms with Crippen LogP contribution in [0.4, 0.5) is 4.39 Å². The van der Waals surface area contributed by atoms with Gasteiger partial charge in [-0.3, -0.25) is 4.79 Å². The smallest absolute Gasteiger partial charge is 0.278 e. The quantitative estimate of drug-likeness (QED) is 0.741.